The van der Waals surface area contributed by atoms with Gasteiger partial charge in [-0.1, -0.05) is 47.7 Å². The topological polar surface area (TPSA) is 76.5 Å². The molecule has 7 nitrogen and oxygen atoms in total. The molecule has 32 heavy (non-hydrogen) atoms. The molecule has 0 radical (unpaired) electrons. The number of anilines is 1. The SMILES string of the molecule is COCCNC(=O)c1sc(N2C[C@H]3C[C@@H](C2)c2cccc(=O)n2C3)nc1-c1ccccc1. The molecule has 3 aromatic rings. The van der Waals surface area contributed by atoms with Gasteiger partial charge in [-0.25, -0.2) is 4.98 Å². The molecule has 1 N–H and O–H groups in total. The van der Waals surface area contributed by atoms with Crippen LogP contribution in [0.15, 0.2) is 53.3 Å². The second kappa shape index (κ2) is 8.88. The maximum absolute atomic E-state index is 13.0. The Kier molecular flexibility index (Phi) is 5.80. The molecule has 2 aliphatic heterocycles. The Morgan fingerprint density at radius 1 is 1.16 bits per heavy atom. The molecule has 5 rings (SSSR count). The van der Waals surface area contributed by atoms with Gasteiger partial charge in [-0.05, 0) is 18.4 Å². The summed E-state index contributed by atoms with van der Waals surface area (Å²) in [5.41, 5.74) is 2.84. The molecule has 0 unspecified atom stereocenters. The summed E-state index contributed by atoms with van der Waals surface area (Å²) in [5.74, 6) is 0.558. The van der Waals surface area contributed by atoms with Crippen LogP contribution >= 0.6 is 11.3 Å². The van der Waals surface area contributed by atoms with Crippen molar-refractivity contribution in [3.63, 3.8) is 0 Å². The molecule has 2 aliphatic rings. The van der Waals surface area contributed by atoms with E-state index in [2.05, 4.69) is 16.3 Å². The number of rotatable bonds is 6. The van der Waals surface area contributed by atoms with E-state index in [4.69, 9.17) is 9.72 Å². The standard InChI is InChI=1S/C24H26N4O3S/c1-31-11-10-25-23(30)22-21(17-6-3-2-4-7-17)26-24(32-22)27-13-16-12-18(15-27)19-8-5-9-20(29)28(19)14-16/h2-9,16,18H,10-15H2,1H3,(H,25,30)/t16-,18+/m1/s1. The maximum atomic E-state index is 13.0. The molecule has 1 fully saturated rings. The van der Waals surface area contributed by atoms with Crippen molar-refractivity contribution in [3.8, 4) is 11.3 Å². The molecule has 4 heterocycles. The van der Waals surface area contributed by atoms with Gasteiger partial charge in [0, 0.05) is 56.5 Å². The highest BCUT2D eigenvalue weighted by Crippen LogP contribution is 2.40. The molecular weight excluding hydrogens is 424 g/mol. The minimum absolute atomic E-state index is 0.0845. The van der Waals surface area contributed by atoms with Crippen LogP contribution in [0, 0.1) is 5.92 Å². The van der Waals surface area contributed by atoms with Crippen LogP contribution in [-0.2, 0) is 11.3 Å². The largest absolute Gasteiger partial charge is 0.383 e. The van der Waals surface area contributed by atoms with E-state index in [0.717, 1.165) is 42.4 Å². The first-order valence-electron chi connectivity index (χ1n) is 10.9. The zero-order valence-corrected chi connectivity index (χ0v) is 18.8. The van der Waals surface area contributed by atoms with E-state index in [0.29, 0.717) is 35.6 Å². The number of fused-ring (bicyclic) bond motifs is 4. The zero-order chi connectivity index (χ0) is 22.1. The van der Waals surface area contributed by atoms with Crippen molar-refractivity contribution in [2.24, 2.45) is 5.92 Å². The van der Waals surface area contributed by atoms with Crippen LogP contribution in [-0.4, -0.2) is 48.8 Å². The number of hydrogen-bond acceptors (Lipinski definition) is 6. The molecule has 8 heteroatoms. The van der Waals surface area contributed by atoms with Crippen LogP contribution in [0.1, 0.15) is 27.7 Å². The highest BCUT2D eigenvalue weighted by Gasteiger charge is 2.36. The quantitative estimate of drug-likeness (QED) is 0.585. The Balaban J connectivity index is 1.46. The number of methoxy groups -OCH3 is 1. The first-order chi connectivity index (χ1) is 15.6. The van der Waals surface area contributed by atoms with Gasteiger partial charge in [-0.3, -0.25) is 9.59 Å². The monoisotopic (exact) mass is 450 g/mol. The van der Waals surface area contributed by atoms with Crippen LogP contribution in [0.5, 0.6) is 0 Å². The molecule has 2 aromatic heterocycles. The zero-order valence-electron chi connectivity index (χ0n) is 18.0. The smallest absolute Gasteiger partial charge is 0.263 e. The normalized spacial score (nSPS) is 19.5. The van der Waals surface area contributed by atoms with E-state index in [1.165, 1.54) is 11.3 Å². The van der Waals surface area contributed by atoms with Gasteiger partial charge in [0.15, 0.2) is 5.13 Å². The second-order valence-electron chi connectivity index (χ2n) is 8.39. The van der Waals surface area contributed by atoms with Gasteiger partial charge in [0.25, 0.3) is 11.5 Å². The minimum atomic E-state index is -0.126. The molecule has 2 bridgehead atoms. The number of benzene rings is 1. The summed E-state index contributed by atoms with van der Waals surface area (Å²) < 4.78 is 7.00. The Morgan fingerprint density at radius 3 is 2.81 bits per heavy atom. The van der Waals surface area contributed by atoms with Crippen LogP contribution in [0.3, 0.4) is 0 Å². The number of piperidine rings is 1. The van der Waals surface area contributed by atoms with E-state index in [-0.39, 0.29) is 11.5 Å². The fraction of sp³-hybridized carbons (Fsp3) is 0.375. The summed E-state index contributed by atoms with van der Waals surface area (Å²) >= 11 is 1.44. The molecule has 1 saturated heterocycles. The molecule has 0 spiro atoms. The first-order valence-corrected chi connectivity index (χ1v) is 11.7. The number of nitrogens with zero attached hydrogens (tertiary/aromatic N) is 3. The van der Waals surface area contributed by atoms with E-state index >= 15 is 0 Å². The molecule has 0 aliphatic carbocycles. The maximum Gasteiger partial charge on any atom is 0.263 e. The van der Waals surface area contributed by atoms with Crippen LogP contribution < -0.4 is 15.8 Å². The molecule has 1 aromatic carbocycles. The number of amides is 1. The molecule has 2 atom stereocenters. The van der Waals surface area contributed by atoms with Crippen molar-refractivity contribution >= 4 is 22.4 Å². The third-order valence-corrected chi connectivity index (χ3v) is 7.33. The van der Waals surface area contributed by atoms with Gasteiger partial charge in [-0.15, -0.1) is 0 Å². The number of hydrogen-bond donors (Lipinski definition) is 1. The lowest BCUT2D eigenvalue weighted by Gasteiger charge is -2.42. The van der Waals surface area contributed by atoms with Crippen LogP contribution in [0.4, 0.5) is 5.13 Å². The fourth-order valence-corrected chi connectivity index (χ4v) is 5.81. The number of pyridine rings is 1. The van der Waals surface area contributed by atoms with E-state index in [9.17, 15) is 9.59 Å². The summed E-state index contributed by atoms with van der Waals surface area (Å²) in [6.07, 6.45) is 1.08. The number of carbonyl (C=O) groups is 1. The molecule has 0 saturated carbocycles. The van der Waals surface area contributed by atoms with Gasteiger partial charge in [0.05, 0.1) is 12.3 Å². The number of carbonyl (C=O) groups excluding carboxylic acids is 1. The van der Waals surface area contributed by atoms with Gasteiger partial charge >= 0.3 is 0 Å². The molecular formula is C24H26N4O3S. The van der Waals surface area contributed by atoms with E-state index in [1.807, 2.05) is 41.0 Å². The van der Waals surface area contributed by atoms with Crippen molar-refractivity contribution in [2.45, 2.75) is 18.9 Å². The lowest BCUT2D eigenvalue weighted by molar-refractivity contribution is 0.0941. The molecule has 1 amide bonds. The first kappa shape index (κ1) is 20.9. The number of thiazole rings is 1. The Morgan fingerprint density at radius 2 is 2.00 bits per heavy atom. The highest BCUT2D eigenvalue weighted by atomic mass is 32.1. The highest BCUT2D eigenvalue weighted by molar-refractivity contribution is 7.18. The van der Waals surface area contributed by atoms with Crippen molar-refractivity contribution < 1.29 is 9.53 Å². The molecule has 166 valence electrons. The van der Waals surface area contributed by atoms with Crippen molar-refractivity contribution in [2.75, 3.05) is 38.3 Å². The summed E-state index contributed by atoms with van der Waals surface area (Å²) in [6, 6.07) is 15.4. The van der Waals surface area contributed by atoms with Crippen molar-refractivity contribution in [1.82, 2.24) is 14.9 Å². The summed E-state index contributed by atoms with van der Waals surface area (Å²) in [7, 11) is 1.62. The second-order valence-corrected chi connectivity index (χ2v) is 9.37. The number of nitrogens with one attached hydrogen (secondary N) is 1. The lowest BCUT2D eigenvalue weighted by Crippen LogP contribution is -2.47. The minimum Gasteiger partial charge on any atom is -0.383 e. The van der Waals surface area contributed by atoms with Crippen molar-refractivity contribution in [3.05, 3.63) is 69.5 Å². The fourth-order valence-electron chi connectivity index (χ4n) is 4.79. The van der Waals surface area contributed by atoms with Gasteiger partial charge in [0.2, 0.25) is 0 Å². The summed E-state index contributed by atoms with van der Waals surface area (Å²) in [5, 5.41) is 3.80. The van der Waals surface area contributed by atoms with Gasteiger partial charge in [-0.2, -0.15) is 0 Å². The van der Waals surface area contributed by atoms with Gasteiger partial charge in [0.1, 0.15) is 4.88 Å². The van der Waals surface area contributed by atoms with Crippen LogP contribution in [0.2, 0.25) is 0 Å². The summed E-state index contributed by atoms with van der Waals surface area (Å²) in [4.78, 5) is 33.1. The third kappa shape index (κ3) is 3.96. The summed E-state index contributed by atoms with van der Waals surface area (Å²) in [6.45, 7) is 3.29. The third-order valence-electron chi connectivity index (χ3n) is 6.21. The van der Waals surface area contributed by atoms with Crippen molar-refractivity contribution in [1.29, 1.82) is 0 Å². The van der Waals surface area contributed by atoms with E-state index in [1.54, 1.807) is 13.2 Å². The average molecular weight is 451 g/mol. The Hall–Kier alpha value is -2.97. The van der Waals surface area contributed by atoms with Crippen LogP contribution in [0.25, 0.3) is 11.3 Å². The Labute approximate surface area is 190 Å². The average Bonchev–Trinajstić information content (AvgIpc) is 3.26. The number of aromatic nitrogens is 2. The lowest BCUT2D eigenvalue weighted by atomic mass is 9.83. The van der Waals surface area contributed by atoms with Gasteiger partial charge < -0.3 is 19.5 Å². The van der Waals surface area contributed by atoms with E-state index < -0.39 is 0 Å². The predicted molar refractivity (Wildman–Crippen MR) is 126 cm³/mol. The number of ether oxygens (including phenoxy) is 1. The predicted octanol–water partition coefficient (Wildman–Crippen LogP) is 2.97. The Bertz CT molecular complexity index is 1170.